The van der Waals surface area contributed by atoms with E-state index in [9.17, 15) is 9.59 Å². The van der Waals surface area contributed by atoms with Crippen molar-refractivity contribution in [2.24, 2.45) is 0 Å². The zero-order valence-corrected chi connectivity index (χ0v) is 11.5. The first-order valence-electron chi connectivity index (χ1n) is 5.74. The highest BCUT2D eigenvalue weighted by Gasteiger charge is 2.23. The van der Waals surface area contributed by atoms with Gasteiger partial charge >= 0.3 is 11.9 Å². The molecular formula is C12H18O5S. The van der Waals surface area contributed by atoms with E-state index in [-0.39, 0.29) is 24.4 Å². The Hall–Kier alpha value is -1.01. The molecule has 0 N–H and O–H groups in total. The zero-order valence-electron chi connectivity index (χ0n) is 10.6. The van der Waals surface area contributed by atoms with Gasteiger partial charge in [-0.2, -0.15) is 0 Å². The largest absolute Gasteiger partial charge is 0.462 e. The van der Waals surface area contributed by atoms with Crippen LogP contribution in [0.5, 0.6) is 0 Å². The Morgan fingerprint density at radius 1 is 1.44 bits per heavy atom. The molecule has 2 atom stereocenters. The van der Waals surface area contributed by atoms with Crippen LogP contribution in [0.4, 0.5) is 0 Å². The zero-order chi connectivity index (χ0) is 13.5. The average Bonchev–Trinajstić information content (AvgIpc) is 2.28. The molecule has 18 heavy (non-hydrogen) atoms. The van der Waals surface area contributed by atoms with E-state index in [1.807, 2.05) is 6.92 Å². The van der Waals surface area contributed by atoms with Crippen LogP contribution in [-0.4, -0.2) is 42.4 Å². The van der Waals surface area contributed by atoms with Crippen molar-refractivity contribution < 1.29 is 23.8 Å². The van der Waals surface area contributed by atoms with Crippen LogP contribution in [0.3, 0.4) is 0 Å². The molecule has 0 aromatic rings. The maximum atomic E-state index is 11.5. The molecule has 1 aliphatic rings. The van der Waals surface area contributed by atoms with Gasteiger partial charge in [-0.15, -0.1) is 11.8 Å². The predicted molar refractivity (Wildman–Crippen MR) is 68.1 cm³/mol. The van der Waals surface area contributed by atoms with Crippen molar-refractivity contribution in [1.29, 1.82) is 0 Å². The molecule has 2 unspecified atom stereocenters. The second kappa shape index (κ2) is 7.43. The molecule has 0 amide bonds. The highest BCUT2D eigenvalue weighted by atomic mass is 32.2. The van der Waals surface area contributed by atoms with Crippen LogP contribution in [0, 0.1) is 0 Å². The number of hydrogen-bond donors (Lipinski definition) is 0. The van der Waals surface area contributed by atoms with Gasteiger partial charge in [-0.05, 0) is 6.92 Å². The normalized spacial score (nSPS) is 23.2. The summed E-state index contributed by atoms with van der Waals surface area (Å²) in [4.78, 5) is 22.5. The van der Waals surface area contributed by atoms with E-state index in [0.29, 0.717) is 24.0 Å². The Morgan fingerprint density at radius 3 is 2.78 bits per heavy atom. The lowest BCUT2D eigenvalue weighted by Crippen LogP contribution is -2.30. The molecule has 1 saturated heterocycles. The number of thioether (sulfide) groups is 1. The molecular weight excluding hydrogens is 256 g/mol. The van der Waals surface area contributed by atoms with Crippen molar-refractivity contribution in [3.63, 3.8) is 0 Å². The number of ether oxygens (including phenoxy) is 3. The molecule has 1 aliphatic heterocycles. The van der Waals surface area contributed by atoms with E-state index < -0.39 is 5.97 Å². The van der Waals surface area contributed by atoms with Crippen molar-refractivity contribution in [3.8, 4) is 0 Å². The maximum Gasteiger partial charge on any atom is 0.333 e. The fourth-order valence-electron chi connectivity index (χ4n) is 1.29. The standard InChI is InChI=1S/C12H18O5S/c1-8(2)12(14)16-5-4-10(13)17-11-7-15-6-9(3)18-11/h9,11H,1,4-7H2,2-3H3. The molecule has 0 aliphatic carbocycles. The minimum atomic E-state index is -0.494. The van der Waals surface area contributed by atoms with E-state index in [1.165, 1.54) is 0 Å². The quantitative estimate of drug-likeness (QED) is 0.559. The molecule has 0 bridgehead atoms. The van der Waals surface area contributed by atoms with Crippen LogP contribution in [0.25, 0.3) is 0 Å². The summed E-state index contributed by atoms with van der Waals surface area (Å²) in [5, 5.41) is 0.317. The number of hydrogen-bond acceptors (Lipinski definition) is 6. The van der Waals surface area contributed by atoms with E-state index in [4.69, 9.17) is 14.2 Å². The van der Waals surface area contributed by atoms with Crippen molar-refractivity contribution in [1.82, 2.24) is 0 Å². The molecule has 5 nitrogen and oxygen atoms in total. The SMILES string of the molecule is C=C(C)C(=O)OCCC(=O)OC1COCC(C)S1. The Labute approximate surface area is 111 Å². The third-order valence-electron chi connectivity index (χ3n) is 2.14. The smallest absolute Gasteiger partial charge is 0.333 e. The van der Waals surface area contributed by atoms with Gasteiger partial charge in [0.15, 0.2) is 5.44 Å². The minimum absolute atomic E-state index is 0.0122. The van der Waals surface area contributed by atoms with E-state index in [2.05, 4.69) is 6.58 Å². The summed E-state index contributed by atoms with van der Waals surface area (Å²) in [6.07, 6.45) is 0.0461. The highest BCUT2D eigenvalue weighted by molar-refractivity contribution is 8.00. The first-order chi connectivity index (χ1) is 8.49. The Balaban J connectivity index is 2.17. The molecule has 0 saturated carbocycles. The minimum Gasteiger partial charge on any atom is -0.462 e. The summed E-state index contributed by atoms with van der Waals surface area (Å²) < 4.78 is 15.3. The van der Waals surface area contributed by atoms with Gasteiger partial charge in [0.25, 0.3) is 0 Å². The molecule has 1 rings (SSSR count). The lowest BCUT2D eigenvalue weighted by Gasteiger charge is -2.26. The van der Waals surface area contributed by atoms with Gasteiger partial charge in [0.1, 0.15) is 6.61 Å². The van der Waals surface area contributed by atoms with Gasteiger partial charge in [-0.25, -0.2) is 4.79 Å². The summed E-state index contributed by atoms with van der Waals surface area (Å²) in [5.41, 5.74) is 0.0477. The average molecular weight is 274 g/mol. The van der Waals surface area contributed by atoms with E-state index in [1.54, 1.807) is 18.7 Å². The fraction of sp³-hybridized carbons (Fsp3) is 0.667. The lowest BCUT2D eigenvalue weighted by atomic mass is 10.4. The van der Waals surface area contributed by atoms with Crippen molar-refractivity contribution in [2.45, 2.75) is 31.0 Å². The van der Waals surface area contributed by atoms with Crippen LogP contribution in [0.15, 0.2) is 12.2 Å². The van der Waals surface area contributed by atoms with Crippen LogP contribution >= 0.6 is 11.8 Å². The number of esters is 2. The van der Waals surface area contributed by atoms with Crippen molar-refractivity contribution in [2.75, 3.05) is 19.8 Å². The Bertz CT molecular complexity index is 328. The molecule has 1 heterocycles. The molecule has 102 valence electrons. The molecule has 0 aromatic carbocycles. The fourth-order valence-corrected chi connectivity index (χ4v) is 2.32. The van der Waals surface area contributed by atoms with Crippen LogP contribution < -0.4 is 0 Å². The van der Waals surface area contributed by atoms with E-state index in [0.717, 1.165) is 0 Å². The Kier molecular flexibility index (Phi) is 6.21. The van der Waals surface area contributed by atoms with Crippen LogP contribution in [0.1, 0.15) is 20.3 Å². The van der Waals surface area contributed by atoms with Crippen LogP contribution in [-0.2, 0) is 23.8 Å². The van der Waals surface area contributed by atoms with Gasteiger partial charge in [0.05, 0.1) is 19.6 Å². The third-order valence-corrected chi connectivity index (χ3v) is 3.28. The van der Waals surface area contributed by atoms with Gasteiger partial charge in [-0.3, -0.25) is 4.79 Å². The van der Waals surface area contributed by atoms with Crippen molar-refractivity contribution >= 4 is 23.7 Å². The topological polar surface area (TPSA) is 61.8 Å². The number of carbonyl (C=O) groups excluding carboxylic acids is 2. The maximum absolute atomic E-state index is 11.5. The summed E-state index contributed by atoms with van der Waals surface area (Å²) >= 11 is 1.57. The van der Waals surface area contributed by atoms with Gasteiger partial charge < -0.3 is 14.2 Å². The third kappa shape index (κ3) is 5.55. The molecule has 0 aromatic heterocycles. The molecule has 0 spiro atoms. The number of rotatable bonds is 5. The predicted octanol–water partition coefficient (Wildman–Crippen LogP) is 1.52. The van der Waals surface area contributed by atoms with Crippen molar-refractivity contribution in [3.05, 3.63) is 12.2 Å². The first-order valence-corrected chi connectivity index (χ1v) is 6.68. The summed E-state index contributed by atoms with van der Waals surface area (Å²) in [5.74, 6) is -0.883. The van der Waals surface area contributed by atoms with Gasteiger partial charge in [-0.1, -0.05) is 13.5 Å². The molecule has 1 fully saturated rings. The summed E-state index contributed by atoms with van der Waals surface area (Å²) in [6, 6.07) is 0. The van der Waals surface area contributed by atoms with Gasteiger partial charge in [0, 0.05) is 10.8 Å². The molecule has 0 radical (unpaired) electrons. The Morgan fingerprint density at radius 2 is 2.17 bits per heavy atom. The summed E-state index contributed by atoms with van der Waals surface area (Å²) in [7, 11) is 0. The van der Waals surface area contributed by atoms with E-state index >= 15 is 0 Å². The lowest BCUT2D eigenvalue weighted by molar-refractivity contribution is -0.150. The van der Waals surface area contributed by atoms with Gasteiger partial charge in [0.2, 0.25) is 0 Å². The monoisotopic (exact) mass is 274 g/mol. The number of carbonyl (C=O) groups is 2. The second-order valence-corrected chi connectivity index (χ2v) is 5.67. The first kappa shape index (κ1) is 15.0. The summed E-state index contributed by atoms with van der Waals surface area (Å²) in [6.45, 7) is 8.11. The highest BCUT2D eigenvalue weighted by Crippen LogP contribution is 2.24. The van der Waals surface area contributed by atoms with Crippen LogP contribution in [0.2, 0.25) is 0 Å². The molecule has 6 heteroatoms. The second-order valence-electron chi connectivity index (χ2n) is 4.07.